The van der Waals surface area contributed by atoms with Crippen LogP contribution in [0.5, 0.6) is 0 Å². The van der Waals surface area contributed by atoms with Gasteiger partial charge in [0, 0.05) is 29.2 Å². The lowest BCUT2D eigenvalue weighted by atomic mass is 10.0. The molecular weight excluding hydrogens is 346 g/mol. The normalized spacial score (nSPS) is 10.9. The van der Waals surface area contributed by atoms with E-state index < -0.39 is 0 Å². The topological polar surface area (TPSA) is 57.8 Å². The van der Waals surface area contributed by atoms with Crippen LogP contribution in [-0.4, -0.2) is 15.9 Å². The van der Waals surface area contributed by atoms with Crippen LogP contribution in [0.15, 0.2) is 72.9 Å². The van der Waals surface area contributed by atoms with Gasteiger partial charge >= 0.3 is 0 Å². The van der Waals surface area contributed by atoms with Gasteiger partial charge in [-0.2, -0.15) is 0 Å². The van der Waals surface area contributed by atoms with Crippen LogP contribution in [0.3, 0.4) is 0 Å². The Morgan fingerprint density at radius 3 is 2.71 bits per heavy atom. The van der Waals surface area contributed by atoms with Crippen LogP contribution in [0.1, 0.15) is 24.0 Å². The molecule has 0 saturated carbocycles. The summed E-state index contributed by atoms with van der Waals surface area (Å²) >= 11 is 0. The van der Waals surface area contributed by atoms with E-state index in [-0.39, 0.29) is 5.91 Å². The van der Waals surface area contributed by atoms with Gasteiger partial charge in [-0.15, -0.1) is 0 Å². The molecule has 2 N–H and O–H groups in total. The molecule has 0 bridgehead atoms. The van der Waals surface area contributed by atoms with Gasteiger partial charge in [-0.3, -0.25) is 9.78 Å². The van der Waals surface area contributed by atoms with Crippen LogP contribution in [0.25, 0.3) is 22.3 Å². The molecule has 0 fully saturated rings. The number of rotatable bonds is 6. The predicted molar refractivity (Wildman–Crippen MR) is 114 cm³/mol. The fraction of sp³-hybridized carbons (Fsp3) is 0.167. The Balaban J connectivity index is 1.49. The number of amides is 1. The molecule has 0 saturated heterocycles. The van der Waals surface area contributed by atoms with Crippen molar-refractivity contribution in [1.29, 1.82) is 0 Å². The van der Waals surface area contributed by atoms with Crippen molar-refractivity contribution in [1.82, 2.24) is 9.97 Å². The van der Waals surface area contributed by atoms with Gasteiger partial charge < -0.3 is 10.3 Å². The third kappa shape index (κ3) is 3.96. The van der Waals surface area contributed by atoms with Gasteiger partial charge in [0.25, 0.3) is 0 Å². The monoisotopic (exact) mass is 369 g/mol. The molecule has 140 valence electrons. The maximum atomic E-state index is 12.3. The summed E-state index contributed by atoms with van der Waals surface area (Å²) < 4.78 is 0. The third-order valence-electron chi connectivity index (χ3n) is 4.87. The molecule has 4 aromatic rings. The average Bonchev–Trinajstić information content (AvgIpc) is 3.07. The second-order valence-electron chi connectivity index (χ2n) is 7.01. The molecule has 2 heterocycles. The number of carbonyl (C=O) groups is 1. The number of aryl methyl sites for hydroxylation is 2. The highest BCUT2D eigenvalue weighted by atomic mass is 16.1. The Bertz CT molecular complexity index is 1100. The SMILES string of the molecule is Cc1cccc(NC(=O)CCCc2c(-c3ccccn3)[nH]c3ccccc23)c1. The molecule has 4 heteroatoms. The molecule has 2 aromatic carbocycles. The standard InChI is InChI=1S/C24H23N3O/c1-17-8-6-9-18(16-17)26-23(28)14-7-11-20-19-10-2-3-12-21(19)27-24(20)22-13-4-5-15-25-22/h2-6,8-10,12-13,15-16,27H,7,11,14H2,1H3,(H,26,28). The van der Waals surface area contributed by atoms with E-state index in [9.17, 15) is 4.79 Å². The zero-order chi connectivity index (χ0) is 19.3. The highest BCUT2D eigenvalue weighted by Gasteiger charge is 2.14. The number of nitrogens with one attached hydrogen (secondary N) is 2. The highest BCUT2D eigenvalue weighted by Crippen LogP contribution is 2.30. The molecule has 0 atom stereocenters. The van der Waals surface area contributed by atoms with E-state index in [1.165, 1.54) is 10.9 Å². The molecule has 0 unspecified atom stereocenters. The molecule has 2 aromatic heterocycles. The molecule has 4 rings (SSSR count). The van der Waals surface area contributed by atoms with Crippen molar-refractivity contribution < 1.29 is 4.79 Å². The predicted octanol–water partition coefficient (Wildman–Crippen LogP) is 5.50. The van der Waals surface area contributed by atoms with Crippen LogP contribution in [0, 0.1) is 6.92 Å². The Morgan fingerprint density at radius 1 is 1.04 bits per heavy atom. The fourth-order valence-electron chi connectivity index (χ4n) is 3.56. The molecule has 28 heavy (non-hydrogen) atoms. The van der Waals surface area contributed by atoms with Crippen molar-refractivity contribution in [2.45, 2.75) is 26.2 Å². The molecule has 0 aliphatic heterocycles. The van der Waals surface area contributed by atoms with Gasteiger partial charge in [0.15, 0.2) is 0 Å². The van der Waals surface area contributed by atoms with Gasteiger partial charge in [0.05, 0.1) is 11.4 Å². The van der Waals surface area contributed by atoms with E-state index in [0.29, 0.717) is 6.42 Å². The lowest BCUT2D eigenvalue weighted by Crippen LogP contribution is -2.11. The van der Waals surface area contributed by atoms with Crippen molar-refractivity contribution in [2.24, 2.45) is 0 Å². The number of pyridine rings is 1. The van der Waals surface area contributed by atoms with E-state index in [1.807, 2.05) is 61.5 Å². The first-order valence-electron chi connectivity index (χ1n) is 9.58. The number of aromatic nitrogens is 2. The number of hydrogen-bond acceptors (Lipinski definition) is 2. The van der Waals surface area contributed by atoms with Crippen molar-refractivity contribution in [3.8, 4) is 11.4 Å². The molecular formula is C24H23N3O. The molecule has 0 aliphatic carbocycles. The van der Waals surface area contributed by atoms with Crippen molar-refractivity contribution >= 4 is 22.5 Å². The number of aromatic amines is 1. The summed E-state index contributed by atoms with van der Waals surface area (Å²) in [6.45, 7) is 2.02. The van der Waals surface area contributed by atoms with Gasteiger partial charge in [0.2, 0.25) is 5.91 Å². The van der Waals surface area contributed by atoms with E-state index in [1.54, 1.807) is 6.20 Å². The number of H-pyrrole nitrogens is 1. The number of carbonyl (C=O) groups excluding carboxylic acids is 1. The van der Waals surface area contributed by atoms with Crippen molar-refractivity contribution in [2.75, 3.05) is 5.32 Å². The summed E-state index contributed by atoms with van der Waals surface area (Å²) in [6, 6.07) is 22.1. The van der Waals surface area contributed by atoms with Crippen LogP contribution in [-0.2, 0) is 11.2 Å². The number of fused-ring (bicyclic) bond motifs is 1. The molecule has 0 aliphatic rings. The summed E-state index contributed by atoms with van der Waals surface area (Å²) in [5, 5.41) is 4.18. The van der Waals surface area contributed by atoms with E-state index >= 15 is 0 Å². The quantitative estimate of drug-likeness (QED) is 0.471. The summed E-state index contributed by atoms with van der Waals surface area (Å²) in [4.78, 5) is 20.3. The summed E-state index contributed by atoms with van der Waals surface area (Å²) in [6.07, 6.45) is 3.88. The molecule has 0 radical (unpaired) electrons. The minimum atomic E-state index is 0.0461. The molecule has 4 nitrogen and oxygen atoms in total. The lowest BCUT2D eigenvalue weighted by Gasteiger charge is -2.07. The van der Waals surface area contributed by atoms with Crippen LogP contribution < -0.4 is 5.32 Å². The summed E-state index contributed by atoms with van der Waals surface area (Å²) in [7, 11) is 0. The number of hydrogen-bond donors (Lipinski definition) is 2. The van der Waals surface area contributed by atoms with Crippen LogP contribution in [0.2, 0.25) is 0 Å². The zero-order valence-corrected chi connectivity index (χ0v) is 15.9. The first-order chi connectivity index (χ1) is 13.7. The van der Waals surface area contributed by atoms with Gasteiger partial charge in [-0.05, 0) is 61.2 Å². The fourth-order valence-corrected chi connectivity index (χ4v) is 3.56. The van der Waals surface area contributed by atoms with Crippen molar-refractivity contribution in [3.63, 3.8) is 0 Å². The Morgan fingerprint density at radius 2 is 1.89 bits per heavy atom. The van der Waals surface area contributed by atoms with Gasteiger partial charge in [0.1, 0.15) is 0 Å². The van der Waals surface area contributed by atoms with Gasteiger partial charge in [-0.1, -0.05) is 36.4 Å². The van der Waals surface area contributed by atoms with Crippen LogP contribution in [0.4, 0.5) is 5.69 Å². The minimum Gasteiger partial charge on any atom is -0.353 e. The third-order valence-corrected chi connectivity index (χ3v) is 4.87. The maximum absolute atomic E-state index is 12.3. The largest absolute Gasteiger partial charge is 0.353 e. The summed E-state index contributed by atoms with van der Waals surface area (Å²) in [5.41, 5.74) is 6.28. The first kappa shape index (κ1) is 18.0. The number of para-hydroxylation sites is 1. The van der Waals surface area contributed by atoms with Crippen molar-refractivity contribution in [3.05, 3.63) is 84.1 Å². The van der Waals surface area contributed by atoms with E-state index in [2.05, 4.69) is 27.4 Å². The highest BCUT2D eigenvalue weighted by molar-refractivity contribution is 5.92. The van der Waals surface area contributed by atoms with E-state index in [0.717, 1.165) is 41.0 Å². The summed E-state index contributed by atoms with van der Waals surface area (Å²) in [5.74, 6) is 0.0461. The number of benzene rings is 2. The Kier molecular flexibility index (Phi) is 5.20. The van der Waals surface area contributed by atoms with Crippen LogP contribution >= 0.6 is 0 Å². The Hall–Kier alpha value is -3.40. The van der Waals surface area contributed by atoms with E-state index in [4.69, 9.17) is 0 Å². The number of anilines is 1. The number of nitrogens with zero attached hydrogens (tertiary/aromatic N) is 1. The average molecular weight is 369 g/mol. The first-order valence-corrected chi connectivity index (χ1v) is 9.58. The lowest BCUT2D eigenvalue weighted by molar-refractivity contribution is -0.116. The zero-order valence-electron chi connectivity index (χ0n) is 15.9. The smallest absolute Gasteiger partial charge is 0.224 e. The minimum absolute atomic E-state index is 0.0461. The Labute approximate surface area is 164 Å². The second kappa shape index (κ2) is 8.09. The van der Waals surface area contributed by atoms with Gasteiger partial charge in [-0.25, -0.2) is 0 Å². The second-order valence-corrected chi connectivity index (χ2v) is 7.01. The maximum Gasteiger partial charge on any atom is 0.224 e. The molecule has 1 amide bonds. The molecule has 0 spiro atoms.